The van der Waals surface area contributed by atoms with Crippen LogP contribution in [-0.2, 0) is 18.6 Å². The van der Waals surface area contributed by atoms with Crippen LogP contribution in [-0.4, -0.2) is 19.9 Å². The fourth-order valence-electron chi connectivity index (χ4n) is 3.66. The number of aromatic nitrogens is 3. The molecule has 4 rings (SSSR count). The molecule has 1 unspecified atom stereocenters. The lowest BCUT2D eigenvalue weighted by atomic mass is 9.75. The molecule has 1 N–H and O–H groups in total. The summed E-state index contributed by atoms with van der Waals surface area (Å²) in [5.74, 6) is 1.47. The second-order valence-corrected chi connectivity index (χ2v) is 7.83. The van der Waals surface area contributed by atoms with E-state index in [1.165, 1.54) is 6.33 Å². The summed E-state index contributed by atoms with van der Waals surface area (Å²) in [6.45, 7) is 4.51. The second-order valence-electron chi connectivity index (χ2n) is 7.39. The van der Waals surface area contributed by atoms with Crippen LogP contribution in [0.1, 0.15) is 25.0 Å². The molecule has 0 saturated carbocycles. The molecule has 1 heterocycles. The number of fused-ring (bicyclic) bond motifs is 1. The normalized spacial score (nSPS) is 20.8. The van der Waals surface area contributed by atoms with Crippen LogP contribution in [0.15, 0.2) is 55.1 Å². The standard InChI is InChI=1S/C20H20ClN3O2/c1-19(2)10-14-9-17(26-16-5-3-15(21)4-6-16)7-8-18(14)20(19,25)11-24-13-22-12-23-24/h3-9,12-13,25H,10-11H2,1-2H3. The van der Waals surface area contributed by atoms with Crippen molar-refractivity contribution in [2.24, 2.45) is 5.41 Å². The summed E-state index contributed by atoms with van der Waals surface area (Å²) in [7, 11) is 0. The minimum absolute atomic E-state index is 0.333. The SMILES string of the molecule is CC1(C)Cc2cc(Oc3ccc(Cl)cc3)ccc2C1(O)Cn1cncn1. The number of nitrogens with zero attached hydrogens (tertiary/aromatic N) is 3. The van der Waals surface area contributed by atoms with Crippen LogP contribution in [0.4, 0.5) is 0 Å². The Labute approximate surface area is 157 Å². The van der Waals surface area contributed by atoms with Crippen LogP contribution in [0.5, 0.6) is 11.5 Å². The van der Waals surface area contributed by atoms with E-state index in [0.717, 1.165) is 29.0 Å². The Kier molecular flexibility index (Phi) is 4.01. The van der Waals surface area contributed by atoms with Crippen LogP contribution in [0.2, 0.25) is 5.02 Å². The third kappa shape index (κ3) is 2.87. The van der Waals surface area contributed by atoms with Gasteiger partial charge in [-0.3, -0.25) is 0 Å². The van der Waals surface area contributed by atoms with Gasteiger partial charge in [0.15, 0.2) is 0 Å². The lowest BCUT2D eigenvalue weighted by Crippen LogP contribution is -2.42. The largest absolute Gasteiger partial charge is 0.457 e. The first-order valence-corrected chi connectivity index (χ1v) is 8.87. The Morgan fingerprint density at radius 2 is 1.88 bits per heavy atom. The Bertz CT molecular complexity index is 923. The topological polar surface area (TPSA) is 60.2 Å². The fraction of sp³-hybridized carbons (Fsp3) is 0.300. The number of hydrogen-bond donors (Lipinski definition) is 1. The van der Waals surface area contributed by atoms with Gasteiger partial charge in [-0.05, 0) is 53.9 Å². The predicted octanol–water partition coefficient (Wildman–Crippen LogP) is 4.19. The molecule has 26 heavy (non-hydrogen) atoms. The van der Waals surface area contributed by atoms with Crippen molar-refractivity contribution in [1.82, 2.24) is 14.8 Å². The second kappa shape index (κ2) is 6.11. The number of rotatable bonds is 4. The van der Waals surface area contributed by atoms with Crippen molar-refractivity contribution in [2.45, 2.75) is 32.4 Å². The number of benzene rings is 2. The van der Waals surface area contributed by atoms with Crippen molar-refractivity contribution >= 4 is 11.6 Å². The van der Waals surface area contributed by atoms with Gasteiger partial charge in [0.1, 0.15) is 29.8 Å². The van der Waals surface area contributed by atoms with Crippen molar-refractivity contribution in [3.05, 3.63) is 71.3 Å². The Morgan fingerprint density at radius 1 is 1.15 bits per heavy atom. The molecule has 1 aromatic heterocycles. The maximum absolute atomic E-state index is 11.5. The van der Waals surface area contributed by atoms with Crippen molar-refractivity contribution in [1.29, 1.82) is 0 Å². The van der Waals surface area contributed by atoms with E-state index in [1.807, 2.05) is 30.3 Å². The zero-order chi connectivity index (χ0) is 18.4. The van der Waals surface area contributed by atoms with Crippen LogP contribution >= 0.6 is 11.6 Å². The molecule has 1 atom stereocenters. The smallest absolute Gasteiger partial charge is 0.137 e. The maximum Gasteiger partial charge on any atom is 0.137 e. The van der Waals surface area contributed by atoms with Crippen molar-refractivity contribution in [3.63, 3.8) is 0 Å². The number of hydrogen-bond acceptors (Lipinski definition) is 4. The van der Waals surface area contributed by atoms with Crippen LogP contribution in [0.3, 0.4) is 0 Å². The number of aliphatic hydroxyl groups is 1. The van der Waals surface area contributed by atoms with Gasteiger partial charge in [-0.2, -0.15) is 5.10 Å². The summed E-state index contributed by atoms with van der Waals surface area (Å²) in [5.41, 5.74) is 0.653. The highest BCUT2D eigenvalue weighted by molar-refractivity contribution is 6.30. The van der Waals surface area contributed by atoms with Crippen molar-refractivity contribution in [2.75, 3.05) is 0 Å². The molecule has 0 saturated heterocycles. The van der Waals surface area contributed by atoms with Crippen molar-refractivity contribution < 1.29 is 9.84 Å². The minimum Gasteiger partial charge on any atom is -0.457 e. The third-order valence-corrected chi connectivity index (χ3v) is 5.43. The molecular weight excluding hydrogens is 350 g/mol. The molecule has 0 aliphatic heterocycles. The van der Waals surface area contributed by atoms with Gasteiger partial charge in [-0.25, -0.2) is 9.67 Å². The molecule has 0 bridgehead atoms. The lowest BCUT2D eigenvalue weighted by molar-refractivity contribution is -0.0754. The summed E-state index contributed by atoms with van der Waals surface area (Å²) < 4.78 is 7.61. The van der Waals surface area contributed by atoms with Gasteiger partial charge in [0, 0.05) is 10.4 Å². The molecule has 0 amide bonds. The zero-order valence-electron chi connectivity index (χ0n) is 14.7. The van der Waals surface area contributed by atoms with Gasteiger partial charge in [-0.15, -0.1) is 0 Å². The summed E-state index contributed by atoms with van der Waals surface area (Å²) in [5, 5.41) is 16.3. The Morgan fingerprint density at radius 3 is 2.58 bits per heavy atom. The molecule has 6 heteroatoms. The maximum atomic E-state index is 11.5. The molecule has 134 valence electrons. The predicted molar refractivity (Wildman–Crippen MR) is 99.4 cm³/mol. The van der Waals surface area contributed by atoms with E-state index in [9.17, 15) is 5.11 Å². The molecule has 3 aromatic rings. The van der Waals surface area contributed by atoms with Gasteiger partial charge in [0.2, 0.25) is 0 Å². The van der Waals surface area contributed by atoms with E-state index in [-0.39, 0.29) is 5.41 Å². The van der Waals surface area contributed by atoms with Gasteiger partial charge in [-0.1, -0.05) is 31.5 Å². The average Bonchev–Trinajstić information content (AvgIpc) is 3.15. The molecule has 0 fully saturated rings. The van der Waals surface area contributed by atoms with Crippen LogP contribution < -0.4 is 4.74 Å². The molecule has 0 spiro atoms. The molecule has 2 aromatic carbocycles. The first-order valence-electron chi connectivity index (χ1n) is 8.49. The highest BCUT2D eigenvalue weighted by atomic mass is 35.5. The van der Waals surface area contributed by atoms with Crippen LogP contribution in [0.25, 0.3) is 0 Å². The van der Waals surface area contributed by atoms with E-state index >= 15 is 0 Å². The molecule has 1 aliphatic rings. The fourth-order valence-corrected chi connectivity index (χ4v) is 3.78. The van der Waals surface area contributed by atoms with Gasteiger partial charge in [0.25, 0.3) is 0 Å². The van der Waals surface area contributed by atoms with E-state index in [0.29, 0.717) is 11.6 Å². The summed E-state index contributed by atoms with van der Waals surface area (Å²) in [6.07, 6.45) is 3.87. The number of halogens is 1. The minimum atomic E-state index is -1.02. The molecule has 5 nitrogen and oxygen atoms in total. The third-order valence-electron chi connectivity index (χ3n) is 5.18. The first kappa shape index (κ1) is 17.1. The van der Waals surface area contributed by atoms with E-state index in [2.05, 4.69) is 23.9 Å². The van der Waals surface area contributed by atoms with E-state index in [1.54, 1.807) is 23.1 Å². The van der Waals surface area contributed by atoms with Gasteiger partial charge in [0.05, 0.1) is 6.54 Å². The van der Waals surface area contributed by atoms with E-state index < -0.39 is 5.60 Å². The highest BCUT2D eigenvalue weighted by Crippen LogP contribution is 2.51. The monoisotopic (exact) mass is 369 g/mol. The lowest BCUT2D eigenvalue weighted by Gasteiger charge is -2.37. The molecule has 1 aliphatic carbocycles. The zero-order valence-corrected chi connectivity index (χ0v) is 15.4. The Hall–Kier alpha value is -2.37. The molecular formula is C20H20ClN3O2. The van der Waals surface area contributed by atoms with Crippen molar-refractivity contribution in [3.8, 4) is 11.5 Å². The van der Waals surface area contributed by atoms with Gasteiger partial charge >= 0.3 is 0 Å². The van der Waals surface area contributed by atoms with Crippen LogP contribution in [0, 0.1) is 5.41 Å². The quantitative estimate of drug-likeness (QED) is 0.749. The first-order chi connectivity index (χ1) is 12.4. The Balaban J connectivity index is 1.65. The average molecular weight is 370 g/mol. The summed E-state index contributed by atoms with van der Waals surface area (Å²) in [6, 6.07) is 13.1. The van der Waals surface area contributed by atoms with Gasteiger partial charge < -0.3 is 9.84 Å². The summed E-state index contributed by atoms with van der Waals surface area (Å²) in [4.78, 5) is 3.98. The molecule has 0 radical (unpaired) electrons. The summed E-state index contributed by atoms with van der Waals surface area (Å²) >= 11 is 5.92. The number of ether oxygens (including phenoxy) is 1. The highest BCUT2D eigenvalue weighted by Gasteiger charge is 2.51. The van der Waals surface area contributed by atoms with E-state index in [4.69, 9.17) is 16.3 Å².